The molecule has 1 amide bonds. The van der Waals surface area contributed by atoms with Gasteiger partial charge in [0.15, 0.2) is 0 Å². The lowest BCUT2D eigenvalue weighted by atomic mass is 10.2. The van der Waals surface area contributed by atoms with Crippen LogP contribution >= 0.6 is 11.3 Å². The molecule has 0 radical (unpaired) electrons. The van der Waals surface area contributed by atoms with Gasteiger partial charge in [-0.2, -0.15) is 0 Å². The molecule has 1 aliphatic rings. The van der Waals surface area contributed by atoms with Gasteiger partial charge in [0, 0.05) is 12.6 Å². The molecule has 1 fully saturated rings. The Balaban J connectivity index is 1.58. The fourth-order valence-electron chi connectivity index (χ4n) is 2.94. The summed E-state index contributed by atoms with van der Waals surface area (Å²) in [6, 6.07) is 9.94. The number of para-hydroxylation sites is 1. The molecule has 0 saturated carbocycles. The Hall–Kier alpha value is -2.21. The van der Waals surface area contributed by atoms with Crippen molar-refractivity contribution in [1.82, 2.24) is 15.0 Å². The highest BCUT2D eigenvalue weighted by molar-refractivity contribution is 7.18. The van der Waals surface area contributed by atoms with E-state index in [1.807, 2.05) is 23.1 Å². The molecule has 0 spiro atoms. The first-order chi connectivity index (χ1) is 10.8. The standard InChI is InChI=1S/C16H15N3O2S/c20-15(10-11-7-9-21-18-11)19-8-3-5-13(19)16-17-12-4-1-2-6-14(12)22-16/h1-2,4,6-7,9,13H,3,5,8,10H2. The van der Waals surface area contributed by atoms with Crippen LogP contribution in [-0.4, -0.2) is 27.5 Å². The first-order valence-corrected chi connectivity index (χ1v) is 8.17. The zero-order valence-electron chi connectivity index (χ0n) is 11.9. The number of aromatic nitrogens is 2. The van der Waals surface area contributed by atoms with Gasteiger partial charge in [-0.1, -0.05) is 17.3 Å². The number of nitrogens with zero attached hydrogens (tertiary/aromatic N) is 3. The maximum absolute atomic E-state index is 12.5. The van der Waals surface area contributed by atoms with E-state index in [2.05, 4.69) is 11.2 Å². The number of likely N-dealkylation sites (tertiary alicyclic amines) is 1. The minimum Gasteiger partial charge on any atom is -0.364 e. The van der Waals surface area contributed by atoms with Crippen molar-refractivity contribution >= 4 is 27.5 Å². The van der Waals surface area contributed by atoms with Crippen LogP contribution in [0.4, 0.5) is 0 Å². The van der Waals surface area contributed by atoms with Crippen LogP contribution in [0.3, 0.4) is 0 Å². The molecule has 1 unspecified atom stereocenters. The Morgan fingerprint density at radius 1 is 1.36 bits per heavy atom. The van der Waals surface area contributed by atoms with Gasteiger partial charge in [-0.25, -0.2) is 4.98 Å². The third kappa shape index (κ3) is 2.39. The van der Waals surface area contributed by atoms with Gasteiger partial charge in [-0.15, -0.1) is 11.3 Å². The predicted octanol–water partition coefficient (Wildman–Crippen LogP) is 3.19. The summed E-state index contributed by atoms with van der Waals surface area (Å²) in [6.45, 7) is 0.789. The molecular weight excluding hydrogens is 298 g/mol. The van der Waals surface area contributed by atoms with Crippen molar-refractivity contribution in [2.24, 2.45) is 0 Å². The Morgan fingerprint density at radius 3 is 3.09 bits per heavy atom. The highest BCUT2D eigenvalue weighted by atomic mass is 32.1. The van der Waals surface area contributed by atoms with Crippen LogP contribution in [0.1, 0.15) is 29.6 Å². The Labute approximate surface area is 131 Å². The van der Waals surface area contributed by atoms with Crippen LogP contribution in [0.5, 0.6) is 0 Å². The Bertz CT molecular complexity index is 764. The van der Waals surface area contributed by atoms with Gasteiger partial charge >= 0.3 is 0 Å². The molecule has 6 heteroatoms. The van der Waals surface area contributed by atoms with Crippen molar-refractivity contribution in [3.63, 3.8) is 0 Å². The van der Waals surface area contributed by atoms with Gasteiger partial charge in [0.1, 0.15) is 11.3 Å². The zero-order valence-corrected chi connectivity index (χ0v) is 12.8. The fraction of sp³-hybridized carbons (Fsp3) is 0.312. The normalized spacial score (nSPS) is 18.2. The van der Waals surface area contributed by atoms with Crippen LogP contribution < -0.4 is 0 Å². The molecular formula is C16H15N3O2S. The van der Waals surface area contributed by atoms with Gasteiger partial charge in [0.05, 0.1) is 28.4 Å². The number of rotatable bonds is 3. The number of hydrogen-bond acceptors (Lipinski definition) is 5. The number of thiazole rings is 1. The minimum absolute atomic E-state index is 0.0932. The highest BCUT2D eigenvalue weighted by Gasteiger charge is 2.32. The first-order valence-electron chi connectivity index (χ1n) is 7.35. The molecule has 4 rings (SSSR count). The molecule has 2 aromatic heterocycles. The van der Waals surface area contributed by atoms with E-state index >= 15 is 0 Å². The van der Waals surface area contributed by atoms with Crippen LogP contribution in [0, 0.1) is 0 Å². The van der Waals surface area contributed by atoms with Crippen molar-refractivity contribution in [3.8, 4) is 0 Å². The first kappa shape index (κ1) is 13.5. The second-order valence-corrected chi connectivity index (χ2v) is 6.49. The molecule has 0 N–H and O–H groups in total. The molecule has 3 aromatic rings. The smallest absolute Gasteiger partial charge is 0.229 e. The molecule has 112 valence electrons. The second kappa shape index (κ2) is 5.53. The largest absolute Gasteiger partial charge is 0.364 e. The SMILES string of the molecule is O=C(Cc1ccon1)N1CCCC1c1nc2ccccc2s1. The number of amides is 1. The maximum atomic E-state index is 12.5. The molecule has 1 aromatic carbocycles. The Morgan fingerprint density at radius 2 is 2.27 bits per heavy atom. The van der Waals surface area contributed by atoms with Gasteiger partial charge in [-0.05, 0) is 25.0 Å². The summed E-state index contributed by atoms with van der Waals surface area (Å²) in [4.78, 5) is 19.2. The lowest BCUT2D eigenvalue weighted by Crippen LogP contribution is -2.31. The fourth-order valence-corrected chi connectivity index (χ4v) is 4.06. The molecule has 5 nitrogen and oxygen atoms in total. The van der Waals surface area contributed by atoms with Crippen LogP contribution in [0.2, 0.25) is 0 Å². The van der Waals surface area contributed by atoms with E-state index in [4.69, 9.17) is 9.51 Å². The lowest BCUT2D eigenvalue weighted by Gasteiger charge is -2.22. The summed E-state index contributed by atoms with van der Waals surface area (Å²) in [5, 5.41) is 4.86. The number of benzene rings is 1. The number of hydrogen-bond donors (Lipinski definition) is 0. The van der Waals surface area contributed by atoms with E-state index in [1.165, 1.54) is 11.0 Å². The van der Waals surface area contributed by atoms with Gasteiger partial charge in [-0.3, -0.25) is 4.79 Å². The van der Waals surface area contributed by atoms with Crippen LogP contribution in [-0.2, 0) is 11.2 Å². The highest BCUT2D eigenvalue weighted by Crippen LogP contribution is 2.36. The summed E-state index contributed by atoms with van der Waals surface area (Å²) in [7, 11) is 0. The average Bonchev–Trinajstić information content (AvgIpc) is 3.26. The van der Waals surface area contributed by atoms with Crippen molar-refractivity contribution < 1.29 is 9.32 Å². The summed E-state index contributed by atoms with van der Waals surface area (Å²) < 4.78 is 5.97. The van der Waals surface area contributed by atoms with E-state index in [9.17, 15) is 4.79 Å². The van der Waals surface area contributed by atoms with Crippen LogP contribution in [0.15, 0.2) is 41.1 Å². The monoisotopic (exact) mass is 313 g/mol. The molecule has 3 heterocycles. The molecule has 1 atom stereocenters. The quantitative estimate of drug-likeness (QED) is 0.745. The Kier molecular flexibility index (Phi) is 3.38. The summed E-state index contributed by atoms with van der Waals surface area (Å²) >= 11 is 1.68. The minimum atomic E-state index is 0.0932. The van der Waals surface area contributed by atoms with Gasteiger partial charge in [0.25, 0.3) is 0 Å². The molecule has 1 aliphatic heterocycles. The number of carbonyl (C=O) groups excluding carboxylic acids is 1. The van der Waals surface area contributed by atoms with Crippen molar-refractivity contribution in [2.75, 3.05) is 6.54 Å². The van der Waals surface area contributed by atoms with E-state index in [-0.39, 0.29) is 18.4 Å². The van der Waals surface area contributed by atoms with Crippen molar-refractivity contribution in [2.45, 2.75) is 25.3 Å². The zero-order chi connectivity index (χ0) is 14.9. The molecule has 0 aliphatic carbocycles. The maximum Gasteiger partial charge on any atom is 0.229 e. The van der Waals surface area contributed by atoms with Crippen molar-refractivity contribution in [3.05, 3.63) is 47.3 Å². The van der Waals surface area contributed by atoms with Crippen molar-refractivity contribution in [1.29, 1.82) is 0 Å². The summed E-state index contributed by atoms with van der Waals surface area (Å²) in [5.74, 6) is 0.0932. The van der Waals surface area contributed by atoms with E-state index in [1.54, 1.807) is 17.4 Å². The summed E-state index contributed by atoms with van der Waals surface area (Å²) in [5.41, 5.74) is 1.69. The molecule has 22 heavy (non-hydrogen) atoms. The number of carbonyl (C=O) groups is 1. The molecule has 1 saturated heterocycles. The third-order valence-electron chi connectivity index (χ3n) is 3.99. The van der Waals surface area contributed by atoms with Gasteiger partial charge < -0.3 is 9.42 Å². The van der Waals surface area contributed by atoms with Gasteiger partial charge in [0.2, 0.25) is 5.91 Å². The number of fused-ring (bicyclic) bond motifs is 1. The lowest BCUT2D eigenvalue weighted by molar-refractivity contribution is -0.131. The van der Waals surface area contributed by atoms with E-state index in [0.717, 1.165) is 29.9 Å². The summed E-state index contributed by atoms with van der Waals surface area (Å²) in [6.07, 6.45) is 3.78. The van der Waals surface area contributed by atoms with E-state index in [0.29, 0.717) is 5.69 Å². The van der Waals surface area contributed by atoms with E-state index < -0.39 is 0 Å². The molecule has 0 bridgehead atoms. The third-order valence-corrected chi connectivity index (χ3v) is 5.13. The average molecular weight is 313 g/mol. The topological polar surface area (TPSA) is 59.2 Å². The van der Waals surface area contributed by atoms with Crippen LogP contribution in [0.25, 0.3) is 10.2 Å². The predicted molar refractivity (Wildman–Crippen MR) is 83.5 cm³/mol. The second-order valence-electron chi connectivity index (χ2n) is 5.43.